The summed E-state index contributed by atoms with van der Waals surface area (Å²) in [5.74, 6) is 0. The molecule has 1 heterocycles. The predicted molar refractivity (Wildman–Crippen MR) is 82.4 cm³/mol. The fourth-order valence-electron chi connectivity index (χ4n) is 2.39. The van der Waals surface area contributed by atoms with E-state index < -0.39 is 16.1 Å². The van der Waals surface area contributed by atoms with Gasteiger partial charge in [-0.1, -0.05) is 26.0 Å². The summed E-state index contributed by atoms with van der Waals surface area (Å²) in [5, 5.41) is 12.9. The van der Waals surface area contributed by atoms with Crippen molar-refractivity contribution in [3.8, 4) is 0 Å². The molecule has 1 aliphatic heterocycles. The predicted octanol–water partition coefficient (Wildman–Crippen LogP) is 1.33. The zero-order valence-electron chi connectivity index (χ0n) is 12.6. The van der Waals surface area contributed by atoms with Crippen molar-refractivity contribution in [2.75, 3.05) is 13.1 Å². The number of nitrogens with zero attached hydrogens (tertiary/aromatic N) is 1. The van der Waals surface area contributed by atoms with Crippen LogP contribution in [0.25, 0.3) is 0 Å². The van der Waals surface area contributed by atoms with E-state index in [1.165, 1.54) is 4.31 Å². The minimum absolute atomic E-state index is 0.193. The third kappa shape index (κ3) is 4.26. The number of piperidine rings is 1. The largest absolute Gasteiger partial charge is 0.392 e. The van der Waals surface area contributed by atoms with Crippen molar-refractivity contribution in [2.45, 2.75) is 50.3 Å². The van der Waals surface area contributed by atoms with Crippen LogP contribution in [-0.2, 0) is 16.6 Å². The van der Waals surface area contributed by atoms with Crippen LogP contribution in [0.15, 0.2) is 29.2 Å². The molecule has 5 nitrogen and oxygen atoms in total. The number of aliphatic hydroxyl groups is 1. The minimum Gasteiger partial charge on any atom is -0.392 e. The Hall–Kier alpha value is -0.950. The SMILES string of the molecule is CC(C)NCc1ccc(S(=O)(=O)N2CCCC(O)C2)cc1. The first-order valence-corrected chi connectivity index (χ1v) is 8.84. The van der Waals surface area contributed by atoms with Gasteiger partial charge in [0.15, 0.2) is 0 Å². The van der Waals surface area contributed by atoms with E-state index in [0.29, 0.717) is 30.3 Å². The van der Waals surface area contributed by atoms with Gasteiger partial charge in [0.2, 0.25) is 10.0 Å². The van der Waals surface area contributed by atoms with E-state index >= 15 is 0 Å². The molecule has 2 N–H and O–H groups in total. The molecule has 0 spiro atoms. The summed E-state index contributed by atoms with van der Waals surface area (Å²) in [7, 11) is -3.49. The first-order chi connectivity index (χ1) is 9.89. The maximum absolute atomic E-state index is 12.5. The normalized spacial score (nSPS) is 20.9. The molecule has 1 aliphatic rings. The molecule has 0 amide bonds. The Morgan fingerprint density at radius 3 is 2.57 bits per heavy atom. The standard InChI is InChI=1S/C15H24N2O3S/c1-12(2)16-10-13-5-7-15(8-6-13)21(19,20)17-9-3-4-14(18)11-17/h5-8,12,14,16,18H,3-4,9-11H2,1-2H3. The van der Waals surface area contributed by atoms with Gasteiger partial charge in [0.25, 0.3) is 0 Å². The second-order valence-electron chi connectivity index (χ2n) is 5.84. The molecule has 0 aromatic heterocycles. The van der Waals surface area contributed by atoms with Gasteiger partial charge in [-0.25, -0.2) is 8.42 Å². The average Bonchev–Trinajstić information content (AvgIpc) is 2.45. The topological polar surface area (TPSA) is 69.6 Å². The van der Waals surface area contributed by atoms with Crippen LogP contribution in [0, 0.1) is 0 Å². The van der Waals surface area contributed by atoms with Gasteiger partial charge >= 0.3 is 0 Å². The number of β-amino-alcohol motifs (C(OH)–C–C–N with tert-alkyl or cyclic N) is 1. The number of sulfonamides is 1. The van der Waals surface area contributed by atoms with Crippen molar-refractivity contribution < 1.29 is 13.5 Å². The second kappa shape index (κ2) is 6.87. The van der Waals surface area contributed by atoms with Crippen molar-refractivity contribution in [1.82, 2.24) is 9.62 Å². The Bertz CT molecular complexity index is 555. The Kier molecular flexibility index (Phi) is 5.37. The van der Waals surface area contributed by atoms with Crippen LogP contribution in [0.3, 0.4) is 0 Å². The van der Waals surface area contributed by atoms with Crippen molar-refractivity contribution in [1.29, 1.82) is 0 Å². The smallest absolute Gasteiger partial charge is 0.243 e. The Morgan fingerprint density at radius 2 is 2.00 bits per heavy atom. The minimum atomic E-state index is -3.49. The summed E-state index contributed by atoms with van der Waals surface area (Å²) in [6.45, 7) is 5.54. The number of aliphatic hydroxyl groups excluding tert-OH is 1. The molecule has 2 rings (SSSR count). The molecule has 118 valence electrons. The van der Waals surface area contributed by atoms with Crippen molar-refractivity contribution in [2.24, 2.45) is 0 Å². The van der Waals surface area contributed by atoms with Crippen LogP contribution in [0.2, 0.25) is 0 Å². The van der Waals surface area contributed by atoms with Crippen LogP contribution in [0.4, 0.5) is 0 Å². The number of hydrogen-bond acceptors (Lipinski definition) is 4. The lowest BCUT2D eigenvalue weighted by molar-refractivity contribution is 0.108. The van der Waals surface area contributed by atoms with Gasteiger partial charge in [0.1, 0.15) is 0 Å². The third-order valence-electron chi connectivity index (χ3n) is 3.63. The molecule has 1 atom stereocenters. The van der Waals surface area contributed by atoms with Crippen molar-refractivity contribution in [3.05, 3.63) is 29.8 Å². The molecule has 1 aromatic carbocycles. The van der Waals surface area contributed by atoms with E-state index in [4.69, 9.17) is 0 Å². The Labute approximate surface area is 127 Å². The molecule has 21 heavy (non-hydrogen) atoms. The lowest BCUT2D eigenvalue weighted by atomic mass is 10.1. The summed E-state index contributed by atoms with van der Waals surface area (Å²) in [5.41, 5.74) is 1.06. The molecule has 1 unspecified atom stereocenters. The van der Waals surface area contributed by atoms with E-state index in [0.717, 1.165) is 12.1 Å². The van der Waals surface area contributed by atoms with Gasteiger partial charge in [-0.15, -0.1) is 0 Å². The molecular weight excluding hydrogens is 288 g/mol. The van der Waals surface area contributed by atoms with E-state index in [9.17, 15) is 13.5 Å². The maximum Gasteiger partial charge on any atom is 0.243 e. The first kappa shape index (κ1) is 16.4. The molecule has 1 fully saturated rings. The lowest BCUT2D eigenvalue weighted by Gasteiger charge is -2.29. The lowest BCUT2D eigenvalue weighted by Crippen LogP contribution is -2.42. The van der Waals surface area contributed by atoms with E-state index in [1.54, 1.807) is 12.1 Å². The Morgan fingerprint density at radius 1 is 1.33 bits per heavy atom. The highest BCUT2D eigenvalue weighted by molar-refractivity contribution is 7.89. The summed E-state index contributed by atoms with van der Waals surface area (Å²) in [6.07, 6.45) is 0.825. The number of nitrogens with one attached hydrogen (secondary N) is 1. The summed E-state index contributed by atoms with van der Waals surface area (Å²) in [6, 6.07) is 7.36. The third-order valence-corrected chi connectivity index (χ3v) is 5.51. The highest BCUT2D eigenvalue weighted by Gasteiger charge is 2.29. The average molecular weight is 312 g/mol. The molecule has 0 aliphatic carbocycles. The molecule has 6 heteroatoms. The van der Waals surface area contributed by atoms with Gasteiger partial charge in [0.05, 0.1) is 11.0 Å². The highest BCUT2D eigenvalue weighted by Crippen LogP contribution is 2.21. The number of rotatable bonds is 5. The number of benzene rings is 1. The highest BCUT2D eigenvalue weighted by atomic mass is 32.2. The van der Waals surface area contributed by atoms with E-state index in [1.807, 2.05) is 12.1 Å². The van der Waals surface area contributed by atoms with Crippen molar-refractivity contribution >= 4 is 10.0 Å². The summed E-state index contributed by atoms with van der Waals surface area (Å²) >= 11 is 0. The summed E-state index contributed by atoms with van der Waals surface area (Å²) in [4.78, 5) is 0.296. The quantitative estimate of drug-likeness (QED) is 0.860. The van der Waals surface area contributed by atoms with Crippen LogP contribution in [0.1, 0.15) is 32.3 Å². The van der Waals surface area contributed by atoms with Crippen molar-refractivity contribution in [3.63, 3.8) is 0 Å². The second-order valence-corrected chi connectivity index (χ2v) is 7.78. The zero-order chi connectivity index (χ0) is 15.5. The van der Waals surface area contributed by atoms with E-state index in [2.05, 4.69) is 19.2 Å². The Balaban J connectivity index is 2.09. The number of hydrogen-bond donors (Lipinski definition) is 2. The van der Waals surface area contributed by atoms with Gasteiger partial charge in [0, 0.05) is 25.7 Å². The maximum atomic E-state index is 12.5. The van der Waals surface area contributed by atoms with E-state index in [-0.39, 0.29) is 6.54 Å². The fourth-order valence-corrected chi connectivity index (χ4v) is 3.91. The molecular formula is C15H24N2O3S. The molecule has 0 saturated carbocycles. The summed E-state index contributed by atoms with van der Waals surface area (Å²) < 4.78 is 26.4. The molecule has 0 bridgehead atoms. The first-order valence-electron chi connectivity index (χ1n) is 7.40. The van der Waals surface area contributed by atoms with Gasteiger partial charge in [-0.2, -0.15) is 4.31 Å². The van der Waals surface area contributed by atoms with Crippen LogP contribution in [0.5, 0.6) is 0 Å². The fraction of sp³-hybridized carbons (Fsp3) is 0.600. The van der Waals surface area contributed by atoms with Crippen LogP contribution < -0.4 is 5.32 Å². The zero-order valence-corrected chi connectivity index (χ0v) is 13.4. The molecule has 0 radical (unpaired) electrons. The van der Waals surface area contributed by atoms with Crippen LogP contribution in [-0.4, -0.2) is 43.1 Å². The van der Waals surface area contributed by atoms with Crippen LogP contribution >= 0.6 is 0 Å². The molecule has 1 aromatic rings. The van der Waals surface area contributed by atoms with Gasteiger partial charge in [-0.3, -0.25) is 0 Å². The monoisotopic (exact) mass is 312 g/mol. The molecule has 1 saturated heterocycles. The van der Waals surface area contributed by atoms with Gasteiger partial charge < -0.3 is 10.4 Å². The van der Waals surface area contributed by atoms with Gasteiger partial charge in [-0.05, 0) is 30.5 Å².